The summed E-state index contributed by atoms with van der Waals surface area (Å²) in [6.45, 7) is 12.7. The Bertz CT molecular complexity index is 549. The van der Waals surface area contributed by atoms with Crippen LogP contribution in [-0.2, 0) is 29.0 Å². The van der Waals surface area contributed by atoms with Crippen molar-refractivity contribution in [3.8, 4) is 0 Å². The lowest BCUT2D eigenvalue weighted by molar-refractivity contribution is 0.0509. The molecule has 5 nitrogen and oxygen atoms in total. The average Bonchev–Trinajstić information content (AvgIpc) is 2.81. The standard InChI is InChI=1S/C17H30N2O3Si/c1-6-22-17(20)16-14-8-7-13(2)11-15(14)19(18-16)12-21-9-10-23(3,4)5/h13H,6-12H2,1-5H3. The van der Waals surface area contributed by atoms with Crippen molar-refractivity contribution in [2.45, 2.75) is 65.5 Å². The molecule has 2 rings (SSSR count). The van der Waals surface area contributed by atoms with Gasteiger partial charge in [-0.2, -0.15) is 5.10 Å². The third-order valence-electron chi connectivity index (χ3n) is 4.27. The van der Waals surface area contributed by atoms with Gasteiger partial charge in [0.2, 0.25) is 0 Å². The highest BCUT2D eigenvalue weighted by atomic mass is 28.3. The molecule has 130 valence electrons. The van der Waals surface area contributed by atoms with E-state index in [1.54, 1.807) is 0 Å². The predicted octanol–water partition coefficient (Wildman–Crippen LogP) is 3.50. The van der Waals surface area contributed by atoms with Crippen LogP contribution in [0.1, 0.15) is 42.0 Å². The second-order valence-corrected chi connectivity index (χ2v) is 13.3. The summed E-state index contributed by atoms with van der Waals surface area (Å²) >= 11 is 0. The zero-order chi connectivity index (χ0) is 17.0. The SMILES string of the molecule is CCOC(=O)c1nn(COCC[Si](C)(C)C)c2c1CCC(C)C2. The molecule has 0 aliphatic heterocycles. The van der Waals surface area contributed by atoms with Crippen LogP contribution in [-0.4, -0.2) is 37.0 Å². The Morgan fingerprint density at radius 1 is 1.39 bits per heavy atom. The monoisotopic (exact) mass is 338 g/mol. The van der Waals surface area contributed by atoms with E-state index >= 15 is 0 Å². The Hall–Kier alpha value is -1.14. The summed E-state index contributed by atoms with van der Waals surface area (Å²) in [4.78, 5) is 12.1. The number of hydrogen-bond acceptors (Lipinski definition) is 4. The first-order valence-corrected chi connectivity index (χ1v) is 12.4. The third-order valence-corrected chi connectivity index (χ3v) is 5.98. The van der Waals surface area contributed by atoms with Crippen molar-refractivity contribution in [1.29, 1.82) is 0 Å². The molecule has 0 aromatic carbocycles. The lowest BCUT2D eigenvalue weighted by Gasteiger charge is -2.20. The van der Waals surface area contributed by atoms with Crippen LogP contribution in [0.5, 0.6) is 0 Å². The van der Waals surface area contributed by atoms with Gasteiger partial charge in [-0.1, -0.05) is 26.6 Å². The maximum atomic E-state index is 12.1. The first-order chi connectivity index (χ1) is 10.8. The van der Waals surface area contributed by atoms with Crippen LogP contribution in [0.15, 0.2) is 0 Å². The van der Waals surface area contributed by atoms with Gasteiger partial charge in [-0.3, -0.25) is 0 Å². The van der Waals surface area contributed by atoms with Crippen molar-refractivity contribution in [3.05, 3.63) is 17.0 Å². The van der Waals surface area contributed by atoms with E-state index in [4.69, 9.17) is 9.47 Å². The zero-order valence-electron chi connectivity index (χ0n) is 15.1. The molecule has 6 heteroatoms. The van der Waals surface area contributed by atoms with Gasteiger partial charge < -0.3 is 9.47 Å². The molecule has 1 atom stereocenters. The fraction of sp³-hybridized carbons (Fsp3) is 0.765. The van der Waals surface area contributed by atoms with E-state index in [2.05, 4.69) is 31.7 Å². The summed E-state index contributed by atoms with van der Waals surface area (Å²) < 4.78 is 12.9. The Morgan fingerprint density at radius 3 is 2.78 bits per heavy atom. The summed E-state index contributed by atoms with van der Waals surface area (Å²) in [7, 11) is -1.09. The Balaban J connectivity index is 2.10. The molecule has 0 saturated carbocycles. The minimum absolute atomic E-state index is 0.306. The fourth-order valence-electron chi connectivity index (χ4n) is 2.85. The molecule has 0 spiro atoms. The molecule has 23 heavy (non-hydrogen) atoms. The van der Waals surface area contributed by atoms with Gasteiger partial charge >= 0.3 is 5.97 Å². The number of rotatable bonds is 7. The van der Waals surface area contributed by atoms with E-state index in [1.165, 1.54) is 0 Å². The number of hydrogen-bond donors (Lipinski definition) is 0. The molecule has 0 bridgehead atoms. The first-order valence-electron chi connectivity index (χ1n) is 8.65. The van der Waals surface area contributed by atoms with E-state index in [9.17, 15) is 4.79 Å². The zero-order valence-corrected chi connectivity index (χ0v) is 16.1. The van der Waals surface area contributed by atoms with Crippen LogP contribution in [0.4, 0.5) is 0 Å². The smallest absolute Gasteiger partial charge is 0.359 e. The van der Waals surface area contributed by atoms with Gasteiger partial charge in [-0.05, 0) is 38.1 Å². The minimum Gasteiger partial charge on any atom is -0.461 e. The lowest BCUT2D eigenvalue weighted by Crippen LogP contribution is -2.22. The molecule has 1 unspecified atom stereocenters. The molecule has 0 saturated heterocycles. The van der Waals surface area contributed by atoms with Gasteiger partial charge in [-0.15, -0.1) is 0 Å². The summed E-state index contributed by atoms with van der Waals surface area (Å²) in [6, 6.07) is 1.14. The number of nitrogens with zero attached hydrogens (tertiary/aromatic N) is 2. The van der Waals surface area contributed by atoms with E-state index < -0.39 is 8.07 Å². The van der Waals surface area contributed by atoms with Crippen LogP contribution in [0.3, 0.4) is 0 Å². The van der Waals surface area contributed by atoms with Crippen molar-refractivity contribution in [3.63, 3.8) is 0 Å². The molecule has 0 N–H and O–H groups in total. The van der Waals surface area contributed by atoms with Crippen LogP contribution in [0.2, 0.25) is 25.7 Å². The second-order valence-electron chi connectivity index (χ2n) is 7.69. The Labute approximate surface area is 140 Å². The van der Waals surface area contributed by atoms with Crippen molar-refractivity contribution < 1.29 is 14.3 Å². The quantitative estimate of drug-likeness (QED) is 0.434. The minimum atomic E-state index is -1.09. The number of carbonyl (C=O) groups is 1. The number of carbonyl (C=O) groups excluding carboxylic acids is 1. The molecule has 1 aliphatic carbocycles. The normalized spacial score (nSPS) is 17.9. The first kappa shape index (κ1) is 18.2. The lowest BCUT2D eigenvalue weighted by atomic mass is 9.88. The molecule has 1 aliphatic rings. The van der Waals surface area contributed by atoms with Crippen molar-refractivity contribution >= 4 is 14.0 Å². The van der Waals surface area contributed by atoms with Crippen molar-refractivity contribution in [2.75, 3.05) is 13.2 Å². The molecule has 0 amide bonds. The van der Waals surface area contributed by atoms with Gasteiger partial charge in [0.15, 0.2) is 5.69 Å². The van der Waals surface area contributed by atoms with Crippen LogP contribution >= 0.6 is 0 Å². The molecular formula is C17H30N2O3Si. The maximum absolute atomic E-state index is 12.1. The highest BCUT2D eigenvalue weighted by molar-refractivity contribution is 6.76. The topological polar surface area (TPSA) is 53.3 Å². The summed E-state index contributed by atoms with van der Waals surface area (Å²) in [5, 5.41) is 4.51. The Kier molecular flexibility index (Phi) is 6.03. The molecule has 1 aromatic rings. The summed E-state index contributed by atoms with van der Waals surface area (Å²) in [5.74, 6) is 0.314. The van der Waals surface area contributed by atoms with Gasteiger partial charge in [0, 0.05) is 25.9 Å². The van der Waals surface area contributed by atoms with E-state index in [-0.39, 0.29) is 5.97 Å². The van der Waals surface area contributed by atoms with Crippen LogP contribution in [0.25, 0.3) is 0 Å². The van der Waals surface area contributed by atoms with Gasteiger partial charge in [-0.25, -0.2) is 9.48 Å². The highest BCUT2D eigenvalue weighted by Crippen LogP contribution is 2.28. The van der Waals surface area contributed by atoms with E-state index in [1.807, 2.05) is 11.6 Å². The molecule has 0 radical (unpaired) electrons. The molecule has 0 fully saturated rings. The van der Waals surface area contributed by atoms with Crippen molar-refractivity contribution in [2.24, 2.45) is 5.92 Å². The van der Waals surface area contributed by atoms with Gasteiger partial charge in [0.25, 0.3) is 0 Å². The largest absolute Gasteiger partial charge is 0.461 e. The molecule has 1 aromatic heterocycles. The number of esters is 1. The van der Waals surface area contributed by atoms with Crippen LogP contribution in [0, 0.1) is 5.92 Å². The van der Waals surface area contributed by atoms with E-state index in [0.29, 0.717) is 24.9 Å². The molecular weight excluding hydrogens is 308 g/mol. The number of aromatic nitrogens is 2. The van der Waals surface area contributed by atoms with E-state index in [0.717, 1.165) is 43.2 Å². The second kappa shape index (κ2) is 7.62. The van der Waals surface area contributed by atoms with Gasteiger partial charge in [0.05, 0.1) is 6.61 Å². The van der Waals surface area contributed by atoms with Crippen LogP contribution < -0.4 is 0 Å². The predicted molar refractivity (Wildman–Crippen MR) is 93.5 cm³/mol. The Morgan fingerprint density at radius 2 is 2.13 bits per heavy atom. The average molecular weight is 339 g/mol. The molecule has 1 heterocycles. The fourth-order valence-corrected chi connectivity index (χ4v) is 3.60. The maximum Gasteiger partial charge on any atom is 0.359 e. The summed E-state index contributed by atoms with van der Waals surface area (Å²) in [5.41, 5.74) is 2.71. The van der Waals surface area contributed by atoms with Crippen molar-refractivity contribution in [1.82, 2.24) is 9.78 Å². The number of fused-ring (bicyclic) bond motifs is 1. The van der Waals surface area contributed by atoms with Gasteiger partial charge in [0.1, 0.15) is 6.73 Å². The summed E-state index contributed by atoms with van der Waals surface area (Å²) in [6.07, 6.45) is 2.96. The third kappa shape index (κ3) is 4.91. The highest BCUT2D eigenvalue weighted by Gasteiger charge is 2.28. The number of ether oxygens (including phenoxy) is 2.